The van der Waals surface area contributed by atoms with Gasteiger partial charge in [-0.1, -0.05) is 12.2 Å². The Morgan fingerprint density at radius 2 is 1.79 bits per heavy atom. The van der Waals surface area contributed by atoms with Gasteiger partial charge in [0.1, 0.15) is 0 Å². The van der Waals surface area contributed by atoms with Gasteiger partial charge >= 0.3 is 6.18 Å². The summed E-state index contributed by atoms with van der Waals surface area (Å²) in [6.07, 6.45) is -3.55. The first kappa shape index (κ1) is 16.2. The fourth-order valence-corrected chi connectivity index (χ4v) is 2.50. The van der Waals surface area contributed by atoms with Crippen molar-refractivity contribution in [2.24, 2.45) is 17.6 Å². The topological polar surface area (TPSA) is 46.3 Å². The molecule has 0 aromatic carbocycles. The lowest BCUT2D eigenvalue weighted by molar-refractivity contribution is -0.185. The Bertz CT molecular complexity index is 351. The highest BCUT2D eigenvalue weighted by atomic mass is 32.1. The number of alkyl halides is 3. The molecule has 1 atom stereocenters. The Balaban J connectivity index is 2.56. The van der Waals surface area contributed by atoms with Crippen LogP contribution in [0.2, 0.25) is 0 Å². The van der Waals surface area contributed by atoms with Gasteiger partial charge in [0.25, 0.3) is 0 Å². The largest absolute Gasteiger partial charge is 0.392 e. The van der Waals surface area contributed by atoms with Crippen LogP contribution in [0.3, 0.4) is 0 Å². The van der Waals surface area contributed by atoms with Crippen molar-refractivity contribution < 1.29 is 18.0 Å². The molecular formula is C12H19F3N2OS. The van der Waals surface area contributed by atoms with E-state index in [2.05, 4.69) is 0 Å². The molecular weight excluding hydrogens is 277 g/mol. The molecule has 0 bridgehead atoms. The highest BCUT2D eigenvalue weighted by Crippen LogP contribution is 2.39. The summed E-state index contributed by atoms with van der Waals surface area (Å²) in [5.74, 6) is -1.78. The molecule has 1 aliphatic rings. The zero-order valence-corrected chi connectivity index (χ0v) is 11.9. The van der Waals surface area contributed by atoms with Crippen molar-refractivity contribution in [2.45, 2.75) is 44.8 Å². The molecule has 0 spiro atoms. The second-order valence-corrected chi connectivity index (χ2v) is 5.59. The van der Waals surface area contributed by atoms with Crippen LogP contribution in [0, 0.1) is 11.8 Å². The molecule has 0 heterocycles. The van der Waals surface area contributed by atoms with Crippen LogP contribution in [0.4, 0.5) is 13.2 Å². The van der Waals surface area contributed by atoms with Crippen molar-refractivity contribution in [1.82, 2.24) is 4.90 Å². The van der Waals surface area contributed by atoms with Crippen molar-refractivity contribution >= 4 is 23.1 Å². The number of carbonyl (C=O) groups excluding carboxylic acids is 1. The highest BCUT2D eigenvalue weighted by Gasteiger charge is 2.43. The number of thiocarbonyl (C=S) groups is 1. The van der Waals surface area contributed by atoms with Crippen LogP contribution in [0.15, 0.2) is 0 Å². The molecule has 3 nitrogen and oxygen atoms in total. The third-order valence-corrected chi connectivity index (χ3v) is 4.22. The van der Waals surface area contributed by atoms with Crippen molar-refractivity contribution in [1.29, 1.82) is 0 Å². The number of hydrogen-bond donors (Lipinski definition) is 1. The van der Waals surface area contributed by atoms with E-state index in [4.69, 9.17) is 18.0 Å². The third kappa shape index (κ3) is 4.06. The van der Waals surface area contributed by atoms with Crippen LogP contribution in [0.25, 0.3) is 0 Å². The van der Waals surface area contributed by atoms with E-state index in [-0.39, 0.29) is 48.5 Å². The van der Waals surface area contributed by atoms with Gasteiger partial charge in [0.15, 0.2) is 0 Å². The molecule has 0 aliphatic heterocycles. The lowest BCUT2D eigenvalue weighted by Crippen LogP contribution is -2.46. The van der Waals surface area contributed by atoms with Gasteiger partial charge in [0, 0.05) is 13.0 Å². The standard InChI is InChI=1S/C12H19F3N2OS/c1-7(10(16)19)17(2)11(18)8-3-5-9(6-4-8)12(13,14)15/h7-9H,3-6H2,1-2H3,(H2,16,19). The maximum atomic E-state index is 12.5. The van der Waals surface area contributed by atoms with Crippen molar-refractivity contribution in [3.05, 3.63) is 0 Å². The first-order valence-corrected chi connectivity index (χ1v) is 6.68. The van der Waals surface area contributed by atoms with Gasteiger partial charge in [0.2, 0.25) is 5.91 Å². The smallest absolute Gasteiger partial charge is 0.391 e. The first-order chi connectivity index (χ1) is 8.64. The fourth-order valence-electron chi connectivity index (χ4n) is 2.34. The van der Waals surface area contributed by atoms with E-state index in [1.165, 1.54) is 4.90 Å². The van der Waals surface area contributed by atoms with E-state index in [0.29, 0.717) is 0 Å². The molecule has 1 fully saturated rings. The summed E-state index contributed by atoms with van der Waals surface area (Å²) < 4.78 is 37.6. The molecule has 19 heavy (non-hydrogen) atoms. The quantitative estimate of drug-likeness (QED) is 0.814. The molecule has 1 aliphatic carbocycles. The summed E-state index contributed by atoms with van der Waals surface area (Å²) >= 11 is 4.82. The molecule has 7 heteroatoms. The minimum atomic E-state index is -4.15. The van der Waals surface area contributed by atoms with Crippen LogP contribution < -0.4 is 5.73 Å². The molecule has 0 saturated heterocycles. The Hall–Kier alpha value is -0.850. The summed E-state index contributed by atoms with van der Waals surface area (Å²) in [5.41, 5.74) is 5.47. The molecule has 0 aromatic heterocycles. The summed E-state index contributed by atoms with van der Waals surface area (Å²) in [7, 11) is 1.59. The first-order valence-electron chi connectivity index (χ1n) is 6.27. The molecule has 0 aromatic rings. The number of likely N-dealkylation sites (N-methyl/N-ethyl adjacent to an activating group) is 1. The third-order valence-electron chi connectivity index (χ3n) is 3.88. The van der Waals surface area contributed by atoms with Crippen LogP contribution >= 0.6 is 12.2 Å². The van der Waals surface area contributed by atoms with Crippen LogP contribution in [0.1, 0.15) is 32.6 Å². The zero-order valence-electron chi connectivity index (χ0n) is 11.0. The average molecular weight is 296 g/mol. The number of carbonyl (C=O) groups is 1. The van der Waals surface area contributed by atoms with Crippen molar-refractivity contribution in [3.8, 4) is 0 Å². The number of hydrogen-bond acceptors (Lipinski definition) is 2. The van der Waals surface area contributed by atoms with Gasteiger partial charge in [-0.05, 0) is 32.6 Å². The maximum Gasteiger partial charge on any atom is 0.391 e. The number of rotatable bonds is 3. The highest BCUT2D eigenvalue weighted by molar-refractivity contribution is 7.80. The van der Waals surface area contributed by atoms with Gasteiger partial charge < -0.3 is 10.6 Å². The molecule has 1 rings (SSSR count). The Kier molecular flexibility index (Phi) is 5.18. The second kappa shape index (κ2) is 6.07. The summed E-state index contributed by atoms with van der Waals surface area (Å²) in [5, 5.41) is 0. The van der Waals surface area contributed by atoms with E-state index in [9.17, 15) is 18.0 Å². The lowest BCUT2D eigenvalue weighted by atomic mass is 9.81. The van der Waals surface area contributed by atoms with E-state index in [1.54, 1.807) is 14.0 Å². The molecule has 2 N–H and O–H groups in total. The number of amides is 1. The fraction of sp³-hybridized carbons (Fsp3) is 0.833. The van der Waals surface area contributed by atoms with E-state index in [1.807, 2.05) is 0 Å². The minimum absolute atomic E-state index is 0.0230. The van der Waals surface area contributed by atoms with Crippen LogP contribution in [-0.4, -0.2) is 35.1 Å². The van der Waals surface area contributed by atoms with Gasteiger partial charge in [-0.2, -0.15) is 13.2 Å². The normalized spacial score (nSPS) is 25.7. The van der Waals surface area contributed by atoms with Crippen LogP contribution in [0.5, 0.6) is 0 Å². The molecule has 1 saturated carbocycles. The molecule has 0 radical (unpaired) electrons. The summed E-state index contributed by atoms with van der Waals surface area (Å²) in [4.78, 5) is 13.8. The van der Waals surface area contributed by atoms with E-state index >= 15 is 0 Å². The predicted molar refractivity (Wildman–Crippen MR) is 70.5 cm³/mol. The number of nitrogens with zero attached hydrogens (tertiary/aromatic N) is 1. The number of nitrogens with two attached hydrogens (primary N) is 1. The minimum Gasteiger partial charge on any atom is -0.392 e. The van der Waals surface area contributed by atoms with Crippen molar-refractivity contribution in [3.63, 3.8) is 0 Å². The zero-order chi connectivity index (χ0) is 14.8. The SMILES string of the molecule is CC(C(N)=S)N(C)C(=O)C1CCC(C(F)(F)F)CC1. The van der Waals surface area contributed by atoms with Crippen LogP contribution in [-0.2, 0) is 4.79 Å². The lowest BCUT2D eigenvalue weighted by Gasteiger charge is -2.33. The predicted octanol–water partition coefficient (Wildman–Crippen LogP) is 2.49. The second-order valence-electron chi connectivity index (χ2n) is 5.12. The van der Waals surface area contributed by atoms with E-state index < -0.39 is 12.1 Å². The molecule has 1 amide bonds. The van der Waals surface area contributed by atoms with Gasteiger partial charge in [-0.25, -0.2) is 0 Å². The molecule has 110 valence electrons. The van der Waals surface area contributed by atoms with Gasteiger partial charge in [0.05, 0.1) is 16.9 Å². The number of halogens is 3. The Morgan fingerprint density at radius 3 is 2.16 bits per heavy atom. The maximum absolute atomic E-state index is 12.5. The van der Waals surface area contributed by atoms with Gasteiger partial charge in [-0.3, -0.25) is 4.79 Å². The van der Waals surface area contributed by atoms with E-state index in [0.717, 1.165) is 0 Å². The Labute approximate surface area is 116 Å². The Morgan fingerprint density at radius 1 is 1.32 bits per heavy atom. The van der Waals surface area contributed by atoms with Crippen molar-refractivity contribution in [2.75, 3.05) is 7.05 Å². The summed E-state index contributed by atoms with van der Waals surface area (Å²) in [6.45, 7) is 1.71. The molecule has 1 unspecified atom stereocenters. The monoisotopic (exact) mass is 296 g/mol. The summed E-state index contributed by atoms with van der Waals surface area (Å²) in [6, 6.07) is -0.372. The van der Waals surface area contributed by atoms with Gasteiger partial charge in [-0.15, -0.1) is 0 Å². The average Bonchev–Trinajstić information content (AvgIpc) is 2.35.